The first-order valence-electron chi connectivity index (χ1n) is 16.9. The molecule has 272 valence electrons. The van der Waals surface area contributed by atoms with Gasteiger partial charge in [-0.3, -0.25) is 40.5 Å². The number of non-ortho nitro benzene ring substituents is 4. The fraction of sp³-hybridized carbons (Fsp3) is 0.333. The van der Waals surface area contributed by atoms with E-state index < -0.39 is 19.7 Å². The van der Waals surface area contributed by atoms with Gasteiger partial charge in [-0.15, -0.1) is 0 Å². The minimum atomic E-state index is -0.432. The average molecular weight is 713 g/mol. The zero-order valence-electron chi connectivity index (χ0n) is 28.3. The Hall–Kier alpha value is -5.68. The van der Waals surface area contributed by atoms with Crippen LogP contribution in [0, 0.1) is 40.5 Å². The first kappa shape index (κ1) is 37.6. The lowest BCUT2D eigenvalue weighted by molar-refractivity contribution is -0.385. The number of nitrogens with zero attached hydrogens (tertiary/aromatic N) is 4. The molecule has 4 N–H and O–H groups in total. The fourth-order valence-corrected chi connectivity index (χ4v) is 6.25. The Bertz CT molecular complexity index is 1540. The molecule has 5 rings (SSSR count). The van der Waals surface area contributed by atoms with Crippen molar-refractivity contribution in [3.05, 3.63) is 160 Å². The standard InChI is InChI=1S/C36H40N8O8/c45-41(46)33-9-1-25(2-10-33)17-29-21-38-31(19-27-5-13-35(14-6-27)43(49)50)23-40-32(20-28-7-15-36(16-8-28)44(51)52)24-39-30(22-37-29)18-26-3-11-34(12-4-26)42(47)48/h1-16,29-32,37-40H,17-24H2/t29-,30-,31-,32-/m1/s1. The fourth-order valence-electron chi connectivity index (χ4n) is 6.25. The van der Waals surface area contributed by atoms with Gasteiger partial charge in [0.15, 0.2) is 0 Å². The lowest BCUT2D eigenvalue weighted by Gasteiger charge is -2.31. The molecule has 4 aromatic carbocycles. The maximum Gasteiger partial charge on any atom is 0.269 e. The minimum absolute atomic E-state index is 0.0124. The van der Waals surface area contributed by atoms with E-state index in [2.05, 4.69) is 21.3 Å². The molecule has 1 fully saturated rings. The van der Waals surface area contributed by atoms with Crippen molar-refractivity contribution in [3.63, 3.8) is 0 Å². The third-order valence-corrected chi connectivity index (χ3v) is 9.13. The number of nitrogens with one attached hydrogen (secondary N) is 4. The molecule has 0 unspecified atom stereocenters. The van der Waals surface area contributed by atoms with E-state index in [1.54, 1.807) is 48.5 Å². The molecule has 1 aliphatic heterocycles. The second-order valence-electron chi connectivity index (χ2n) is 12.9. The number of nitro benzene ring substituents is 4. The maximum atomic E-state index is 11.2. The van der Waals surface area contributed by atoms with Gasteiger partial charge in [0.2, 0.25) is 0 Å². The zero-order valence-corrected chi connectivity index (χ0v) is 28.3. The van der Waals surface area contributed by atoms with Gasteiger partial charge in [-0.05, 0) is 47.9 Å². The van der Waals surface area contributed by atoms with Crippen molar-refractivity contribution in [1.29, 1.82) is 0 Å². The van der Waals surface area contributed by atoms with Crippen molar-refractivity contribution in [2.24, 2.45) is 0 Å². The molecule has 1 saturated heterocycles. The highest BCUT2D eigenvalue weighted by Gasteiger charge is 2.22. The molecule has 0 radical (unpaired) electrons. The van der Waals surface area contributed by atoms with E-state index in [4.69, 9.17) is 0 Å². The normalized spacial score (nSPS) is 19.8. The van der Waals surface area contributed by atoms with Crippen LogP contribution in [0.25, 0.3) is 0 Å². The number of hydrogen-bond acceptors (Lipinski definition) is 12. The summed E-state index contributed by atoms with van der Waals surface area (Å²) < 4.78 is 0. The van der Waals surface area contributed by atoms with Crippen molar-refractivity contribution in [2.45, 2.75) is 49.9 Å². The van der Waals surface area contributed by atoms with Crippen molar-refractivity contribution < 1.29 is 19.7 Å². The van der Waals surface area contributed by atoms with E-state index in [1.165, 1.54) is 48.5 Å². The molecule has 52 heavy (non-hydrogen) atoms. The Balaban J connectivity index is 1.39. The Morgan fingerprint density at radius 1 is 0.365 bits per heavy atom. The van der Waals surface area contributed by atoms with Gasteiger partial charge >= 0.3 is 0 Å². The smallest absolute Gasteiger partial charge is 0.269 e. The SMILES string of the molecule is O=[N+]([O-])c1ccc(C[C@@H]2CN[C@H](Cc3ccc([N+](=O)[O-])cc3)CN[C@H](Cc3ccc([N+](=O)[O-])cc3)CN[C@H](Cc3ccc([N+](=O)[O-])cc3)CN2)cc1. The molecule has 0 aliphatic carbocycles. The summed E-state index contributed by atoms with van der Waals surface area (Å²) in [6, 6.07) is 25.6. The van der Waals surface area contributed by atoms with E-state index >= 15 is 0 Å². The van der Waals surface area contributed by atoms with Crippen molar-refractivity contribution in [3.8, 4) is 0 Å². The highest BCUT2D eigenvalue weighted by atomic mass is 16.6. The van der Waals surface area contributed by atoms with Gasteiger partial charge in [0, 0.05) is 98.9 Å². The molecular weight excluding hydrogens is 672 g/mol. The third-order valence-electron chi connectivity index (χ3n) is 9.13. The van der Waals surface area contributed by atoms with Gasteiger partial charge in [-0.2, -0.15) is 0 Å². The zero-order chi connectivity index (χ0) is 37.0. The van der Waals surface area contributed by atoms with Crippen LogP contribution in [-0.4, -0.2) is 70.0 Å². The summed E-state index contributed by atoms with van der Waals surface area (Å²) in [5, 5.41) is 59.7. The molecule has 4 atom stereocenters. The Morgan fingerprint density at radius 2 is 0.538 bits per heavy atom. The van der Waals surface area contributed by atoms with E-state index in [-0.39, 0.29) is 46.9 Å². The molecule has 4 aromatic rings. The van der Waals surface area contributed by atoms with Gasteiger partial charge < -0.3 is 21.3 Å². The van der Waals surface area contributed by atoms with Gasteiger partial charge in [-0.25, -0.2) is 0 Å². The number of nitro groups is 4. The largest absolute Gasteiger partial charge is 0.311 e. The molecule has 1 aliphatic rings. The van der Waals surface area contributed by atoms with E-state index in [9.17, 15) is 40.5 Å². The summed E-state index contributed by atoms with van der Waals surface area (Å²) in [6.45, 7) is 2.14. The first-order chi connectivity index (χ1) is 25.0. The molecule has 0 spiro atoms. The van der Waals surface area contributed by atoms with Crippen LogP contribution in [0.15, 0.2) is 97.1 Å². The quantitative estimate of drug-likeness (QED) is 0.118. The van der Waals surface area contributed by atoms with Crippen molar-refractivity contribution >= 4 is 22.7 Å². The molecule has 0 amide bonds. The Kier molecular flexibility index (Phi) is 13.0. The predicted molar refractivity (Wildman–Crippen MR) is 194 cm³/mol. The maximum absolute atomic E-state index is 11.2. The van der Waals surface area contributed by atoms with Crippen LogP contribution in [0.3, 0.4) is 0 Å². The summed E-state index contributed by atoms with van der Waals surface area (Å²) in [5.41, 5.74) is 3.74. The molecular formula is C36H40N8O8. The second-order valence-corrected chi connectivity index (χ2v) is 12.9. The van der Waals surface area contributed by atoms with Crippen molar-refractivity contribution in [1.82, 2.24) is 21.3 Å². The monoisotopic (exact) mass is 712 g/mol. The number of benzene rings is 4. The van der Waals surface area contributed by atoms with Crippen LogP contribution in [-0.2, 0) is 25.7 Å². The van der Waals surface area contributed by atoms with E-state index in [1.807, 2.05) is 0 Å². The topological polar surface area (TPSA) is 221 Å². The van der Waals surface area contributed by atoms with Crippen LogP contribution < -0.4 is 21.3 Å². The highest BCUT2D eigenvalue weighted by molar-refractivity contribution is 5.36. The lowest BCUT2D eigenvalue weighted by Crippen LogP contribution is -2.55. The second kappa shape index (κ2) is 18.0. The van der Waals surface area contributed by atoms with Gasteiger partial charge in [0.1, 0.15) is 0 Å². The number of hydrogen-bond donors (Lipinski definition) is 4. The van der Waals surface area contributed by atoms with E-state index in [0.29, 0.717) is 51.9 Å². The van der Waals surface area contributed by atoms with Gasteiger partial charge in [0.05, 0.1) is 19.7 Å². The summed E-state index contributed by atoms with van der Waals surface area (Å²) in [4.78, 5) is 43.2. The molecule has 0 aromatic heterocycles. The molecule has 0 saturated carbocycles. The molecule has 16 nitrogen and oxygen atoms in total. The molecule has 0 bridgehead atoms. The molecule has 1 heterocycles. The van der Waals surface area contributed by atoms with Gasteiger partial charge in [-0.1, -0.05) is 48.5 Å². The third kappa shape index (κ3) is 11.2. The van der Waals surface area contributed by atoms with Gasteiger partial charge in [0.25, 0.3) is 22.7 Å². The average Bonchev–Trinajstić information content (AvgIpc) is 3.13. The predicted octanol–water partition coefficient (Wildman–Crippen LogP) is 4.44. The summed E-state index contributed by atoms with van der Waals surface area (Å²) in [7, 11) is 0. The van der Waals surface area contributed by atoms with E-state index in [0.717, 1.165) is 22.3 Å². The first-order valence-corrected chi connectivity index (χ1v) is 16.9. The minimum Gasteiger partial charge on any atom is -0.311 e. The van der Waals surface area contributed by atoms with Crippen LogP contribution in [0.1, 0.15) is 22.3 Å². The molecule has 16 heteroatoms. The summed E-state index contributed by atoms with van der Waals surface area (Å²) in [5.74, 6) is 0. The van der Waals surface area contributed by atoms with Crippen LogP contribution in [0.5, 0.6) is 0 Å². The van der Waals surface area contributed by atoms with Crippen LogP contribution in [0.2, 0.25) is 0 Å². The van der Waals surface area contributed by atoms with Crippen molar-refractivity contribution in [2.75, 3.05) is 26.2 Å². The lowest BCUT2D eigenvalue weighted by atomic mass is 9.99. The Labute approximate surface area is 299 Å². The van der Waals surface area contributed by atoms with Crippen LogP contribution >= 0.6 is 0 Å². The summed E-state index contributed by atoms with van der Waals surface area (Å²) in [6.07, 6.45) is 2.32. The summed E-state index contributed by atoms with van der Waals surface area (Å²) >= 11 is 0. The number of rotatable bonds is 12. The van der Waals surface area contributed by atoms with Crippen LogP contribution in [0.4, 0.5) is 22.7 Å². The highest BCUT2D eigenvalue weighted by Crippen LogP contribution is 2.18. The Morgan fingerprint density at radius 3 is 0.692 bits per heavy atom.